The Balaban J connectivity index is 2.87. The van der Waals surface area contributed by atoms with Crippen LogP contribution < -0.4 is 0 Å². The van der Waals surface area contributed by atoms with E-state index in [9.17, 15) is 4.79 Å². The minimum absolute atomic E-state index is 0.0665. The summed E-state index contributed by atoms with van der Waals surface area (Å²) in [6.07, 6.45) is 1.51. The van der Waals surface area contributed by atoms with Crippen molar-refractivity contribution in [3.8, 4) is 0 Å². The molecule has 0 fully saturated rings. The number of hydrogen-bond donors (Lipinski definition) is 0. The van der Waals surface area contributed by atoms with Gasteiger partial charge in [0.25, 0.3) is 0 Å². The van der Waals surface area contributed by atoms with Crippen LogP contribution in [0.3, 0.4) is 0 Å². The molecule has 0 heterocycles. The van der Waals surface area contributed by atoms with Crippen molar-refractivity contribution in [2.75, 3.05) is 0 Å². The van der Waals surface area contributed by atoms with Gasteiger partial charge in [0.05, 0.1) is 10.0 Å². The van der Waals surface area contributed by atoms with Crippen molar-refractivity contribution in [3.63, 3.8) is 0 Å². The van der Waals surface area contributed by atoms with Crippen LogP contribution in [0.2, 0.25) is 10.0 Å². The number of Topliss-reactive ketones (excluding diaryl/α,β-unsaturated/α-hetero) is 1. The van der Waals surface area contributed by atoms with E-state index in [0.717, 1.165) is 6.42 Å². The molecule has 15 heavy (non-hydrogen) atoms. The van der Waals surface area contributed by atoms with E-state index < -0.39 is 0 Å². The molecule has 0 aliphatic carbocycles. The summed E-state index contributed by atoms with van der Waals surface area (Å²) in [6, 6.07) is 5.15. The average molecular weight is 245 g/mol. The number of hydrogen-bond acceptors (Lipinski definition) is 1. The summed E-state index contributed by atoms with van der Waals surface area (Å²) in [6.45, 7) is 4.12. The fourth-order valence-corrected chi connectivity index (χ4v) is 1.70. The Morgan fingerprint density at radius 3 is 2.67 bits per heavy atom. The maximum Gasteiger partial charge on any atom is 0.164 e. The van der Waals surface area contributed by atoms with Crippen molar-refractivity contribution in [1.29, 1.82) is 0 Å². The molecule has 0 aliphatic heterocycles. The van der Waals surface area contributed by atoms with Gasteiger partial charge in [-0.2, -0.15) is 0 Å². The minimum atomic E-state index is 0.0665. The molecule has 3 heteroatoms. The SMILES string of the molecule is CCC(C)CC(=O)c1cccc(Cl)c1Cl. The second kappa shape index (κ2) is 5.53. The molecule has 1 nitrogen and oxygen atoms in total. The molecule has 0 spiro atoms. The molecule has 1 rings (SSSR count). The molecule has 0 aromatic heterocycles. The van der Waals surface area contributed by atoms with E-state index in [0.29, 0.717) is 27.9 Å². The normalized spacial score (nSPS) is 12.5. The fourth-order valence-electron chi connectivity index (χ4n) is 1.29. The van der Waals surface area contributed by atoms with Crippen molar-refractivity contribution in [3.05, 3.63) is 33.8 Å². The highest BCUT2D eigenvalue weighted by molar-refractivity contribution is 6.43. The summed E-state index contributed by atoms with van der Waals surface area (Å²) in [5.74, 6) is 0.449. The Morgan fingerprint density at radius 2 is 2.07 bits per heavy atom. The minimum Gasteiger partial charge on any atom is -0.294 e. The van der Waals surface area contributed by atoms with Crippen LogP contribution in [0.15, 0.2) is 18.2 Å². The zero-order chi connectivity index (χ0) is 11.4. The third-order valence-corrected chi connectivity index (χ3v) is 3.30. The lowest BCUT2D eigenvalue weighted by molar-refractivity contribution is 0.0964. The lowest BCUT2D eigenvalue weighted by Crippen LogP contribution is -2.06. The summed E-state index contributed by atoms with van der Waals surface area (Å²) in [7, 11) is 0. The topological polar surface area (TPSA) is 17.1 Å². The van der Waals surface area contributed by atoms with Gasteiger partial charge in [0.1, 0.15) is 0 Å². The van der Waals surface area contributed by atoms with Gasteiger partial charge in [-0.3, -0.25) is 4.79 Å². The van der Waals surface area contributed by atoms with Crippen LogP contribution in [-0.4, -0.2) is 5.78 Å². The lowest BCUT2D eigenvalue weighted by atomic mass is 9.98. The second-order valence-corrected chi connectivity index (χ2v) is 4.53. The third-order valence-electron chi connectivity index (χ3n) is 2.48. The molecule has 0 radical (unpaired) electrons. The molecule has 0 saturated carbocycles. The number of halogens is 2. The van der Waals surface area contributed by atoms with Gasteiger partial charge in [-0.25, -0.2) is 0 Å². The Kier molecular flexibility index (Phi) is 4.62. The van der Waals surface area contributed by atoms with Crippen LogP contribution in [0.5, 0.6) is 0 Å². The van der Waals surface area contributed by atoms with Crippen molar-refractivity contribution < 1.29 is 4.79 Å². The van der Waals surface area contributed by atoms with Crippen molar-refractivity contribution in [1.82, 2.24) is 0 Å². The largest absolute Gasteiger partial charge is 0.294 e. The van der Waals surface area contributed by atoms with Gasteiger partial charge < -0.3 is 0 Å². The van der Waals surface area contributed by atoms with Crippen LogP contribution in [-0.2, 0) is 0 Å². The third kappa shape index (κ3) is 3.22. The van der Waals surface area contributed by atoms with Crippen LogP contribution in [0.25, 0.3) is 0 Å². The molecule has 0 N–H and O–H groups in total. The van der Waals surface area contributed by atoms with E-state index in [1.54, 1.807) is 18.2 Å². The van der Waals surface area contributed by atoms with Crippen molar-refractivity contribution in [2.45, 2.75) is 26.7 Å². The van der Waals surface area contributed by atoms with E-state index in [1.807, 2.05) is 0 Å². The number of carbonyl (C=O) groups excluding carboxylic acids is 1. The molecule has 0 amide bonds. The highest BCUT2D eigenvalue weighted by atomic mass is 35.5. The summed E-state index contributed by atoms with van der Waals surface area (Å²) >= 11 is 11.8. The highest BCUT2D eigenvalue weighted by Gasteiger charge is 2.14. The number of benzene rings is 1. The van der Waals surface area contributed by atoms with Crippen LogP contribution in [0.4, 0.5) is 0 Å². The Hall–Kier alpha value is -0.530. The van der Waals surface area contributed by atoms with Crippen LogP contribution in [0.1, 0.15) is 37.0 Å². The van der Waals surface area contributed by atoms with Gasteiger partial charge in [0.2, 0.25) is 0 Å². The first kappa shape index (κ1) is 12.5. The first-order chi connectivity index (χ1) is 7.06. The van der Waals surface area contributed by atoms with Gasteiger partial charge in [-0.1, -0.05) is 49.5 Å². The summed E-state index contributed by atoms with van der Waals surface area (Å²) in [4.78, 5) is 11.8. The van der Waals surface area contributed by atoms with Gasteiger partial charge in [-0.15, -0.1) is 0 Å². The molecule has 1 atom stereocenters. The van der Waals surface area contributed by atoms with Crippen LogP contribution in [0, 0.1) is 5.92 Å². The molecular formula is C12H14Cl2O. The molecule has 1 aromatic carbocycles. The predicted octanol–water partition coefficient (Wildman–Crippen LogP) is 4.61. The lowest BCUT2D eigenvalue weighted by Gasteiger charge is -2.08. The second-order valence-electron chi connectivity index (χ2n) is 3.74. The summed E-state index contributed by atoms with van der Waals surface area (Å²) in [5, 5.41) is 0.805. The molecule has 1 unspecified atom stereocenters. The Bertz CT molecular complexity index is 361. The summed E-state index contributed by atoms with van der Waals surface area (Å²) in [5.41, 5.74) is 0.532. The molecule has 0 bridgehead atoms. The summed E-state index contributed by atoms with van der Waals surface area (Å²) < 4.78 is 0. The zero-order valence-corrected chi connectivity index (χ0v) is 10.4. The fraction of sp³-hybridized carbons (Fsp3) is 0.417. The predicted molar refractivity (Wildman–Crippen MR) is 64.9 cm³/mol. The highest BCUT2D eigenvalue weighted by Crippen LogP contribution is 2.27. The molecule has 0 saturated heterocycles. The first-order valence-electron chi connectivity index (χ1n) is 5.03. The smallest absolute Gasteiger partial charge is 0.164 e. The zero-order valence-electron chi connectivity index (χ0n) is 8.89. The van der Waals surface area contributed by atoms with Gasteiger partial charge in [0.15, 0.2) is 5.78 Å². The van der Waals surface area contributed by atoms with E-state index in [4.69, 9.17) is 23.2 Å². The molecule has 0 aliphatic rings. The van der Waals surface area contributed by atoms with Crippen molar-refractivity contribution >= 4 is 29.0 Å². The quantitative estimate of drug-likeness (QED) is 0.708. The van der Waals surface area contributed by atoms with Crippen molar-refractivity contribution in [2.24, 2.45) is 5.92 Å². The van der Waals surface area contributed by atoms with Gasteiger partial charge in [0, 0.05) is 12.0 Å². The molecule has 1 aromatic rings. The number of rotatable bonds is 4. The molecular weight excluding hydrogens is 231 g/mol. The van der Waals surface area contributed by atoms with Gasteiger partial charge >= 0.3 is 0 Å². The van der Waals surface area contributed by atoms with Crippen LogP contribution >= 0.6 is 23.2 Å². The maximum absolute atomic E-state index is 11.8. The Labute approximate surface area is 100 Å². The standard InChI is InChI=1S/C12H14Cl2O/c1-3-8(2)7-11(15)9-5-4-6-10(13)12(9)14/h4-6,8H,3,7H2,1-2H3. The first-order valence-corrected chi connectivity index (χ1v) is 5.79. The average Bonchev–Trinajstić information content (AvgIpc) is 2.21. The monoisotopic (exact) mass is 244 g/mol. The maximum atomic E-state index is 11.8. The number of carbonyl (C=O) groups is 1. The number of ketones is 1. The van der Waals surface area contributed by atoms with E-state index >= 15 is 0 Å². The van der Waals surface area contributed by atoms with Gasteiger partial charge in [-0.05, 0) is 18.1 Å². The Morgan fingerprint density at radius 1 is 1.40 bits per heavy atom. The van der Waals surface area contributed by atoms with E-state index in [1.165, 1.54) is 0 Å². The van der Waals surface area contributed by atoms with E-state index in [-0.39, 0.29) is 5.78 Å². The molecule has 82 valence electrons. The van der Waals surface area contributed by atoms with E-state index in [2.05, 4.69) is 13.8 Å².